The Morgan fingerprint density at radius 3 is 2.74 bits per heavy atom. The number of hydrogen-bond acceptors (Lipinski definition) is 6. The Balaban J connectivity index is 1.55. The van der Waals surface area contributed by atoms with Gasteiger partial charge in [0.15, 0.2) is 5.78 Å². The zero-order chi connectivity index (χ0) is 18.8. The zero-order valence-corrected chi connectivity index (χ0v) is 15.4. The lowest BCUT2D eigenvalue weighted by atomic mass is 10.1. The first-order valence-corrected chi connectivity index (χ1v) is 9.45. The van der Waals surface area contributed by atoms with E-state index in [1.54, 1.807) is 28.9 Å². The van der Waals surface area contributed by atoms with Crippen LogP contribution in [0.3, 0.4) is 0 Å². The number of nitrogens with one attached hydrogen (secondary N) is 1. The molecule has 0 unspecified atom stereocenters. The van der Waals surface area contributed by atoms with Crippen molar-refractivity contribution in [1.82, 2.24) is 20.2 Å². The Kier molecular flexibility index (Phi) is 4.72. The minimum absolute atomic E-state index is 0.00237. The van der Waals surface area contributed by atoms with Crippen LogP contribution in [-0.2, 0) is 11.2 Å². The predicted molar refractivity (Wildman–Crippen MR) is 102 cm³/mol. The molecule has 1 amide bonds. The summed E-state index contributed by atoms with van der Waals surface area (Å²) in [5.41, 5.74) is 3.37. The van der Waals surface area contributed by atoms with E-state index in [9.17, 15) is 9.59 Å². The molecule has 7 nitrogen and oxygen atoms in total. The molecule has 136 valence electrons. The lowest BCUT2D eigenvalue weighted by molar-refractivity contribution is -0.115. The molecule has 2 heterocycles. The van der Waals surface area contributed by atoms with Gasteiger partial charge in [0, 0.05) is 11.3 Å². The van der Waals surface area contributed by atoms with E-state index in [1.807, 2.05) is 24.3 Å². The number of thioether (sulfide) groups is 1. The maximum absolute atomic E-state index is 12.6. The van der Waals surface area contributed by atoms with E-state index in [0.29, 0.717) is 17.1 Å². The highest BCUT2D eigenvalue weighted by molar-refractivity contribution is 8.00. The zero-order valence-electron chi connectivity index (χ0n) is 14.6. The van der Waals surface area contributed by atoms with E-state index in [2.05, 4.69) is 20.8 Å². The number of fused-ring (bicyclic) bond motifs is 1. The molecule has 1 aromatic heterocycles. The van der Waals surface area contributed by atoms with Crippen LogP contribution in [0.5, 0.6) is 0 Å². The van der Waals surface area contributed by atoms with Gasteiger partial charge in [-0.1, -0.05) is 30.0 Å². The third-order valence-electron chi connectivity index (χ3n) is 4.45. The quantitative estimate of drug-likeness (QED) is 0.701. The van der Waals surface area contributed by atoms with E-state index in [4.69, 9.17) is 0 Å². The van der Waals surface area contributed by atoms with E-state index in [1.165, 1.54) is 18.7 Å². The Hall–Kier alpha value is -3.00. The summed E-state index contributed by atoms with van der Waals surface area (Å²) in [6, 6.07) is 14.9. The van der Waals surface area contributed by atoms with Crippen LogP contribution in [0.2, 0.25) is 0 Å². The molecule has 0 spiro atoms. The number of hydrogen-bond donors (Lipinski definition) is 1. The van der Waals surface area contributed by atoms with Crippen molar-refractivity contribution in [2.45, 2.75) is 30.2 Å². The molecule has 27 heavy (non-hydrogen) atoms. The van der Waals surface area contributed by atoms with Gasteiger partial charge in [0.1, 0.15) is 0 Å². The summed E-state index contributed by atoms with van der Waals surface area (Å²) in [5, 5.41) is 15.1. The van der Waals surface area contributed by atoms with Gasteiger partial charge in [-0.15, -0.1) is 5.10 Å². The molecule has 1 N–H and O–H groups in total. The molecule has 2 aromatic carbocycles. The van der Waals surface area contributed by atoms with Gasteiger partial charge in [-0.25, -0.2) is 0 Å². The second-order valence-corrected chi connectivity index (χ2v) is 7.44. The molecular weight excluding hydrogens is 362 g/mol. The maximum atomic E-state index is 12.6. The molecule has 0 radical (unpaired) electrons. The fraction of sp³-hybridized carbons (Fsp3) is 0.211. The number of carbonyl (C=O) groups excluding carboxylic acids is 2. The van der Waals surface area contributed by atoms with Crippen LogP contribution in [0.25, 0.3) is 5.69 Å². The van der Waals surface area contributed by atoms with Crippen LogP contribution in [-0.4, -0.2) is 37.1 Å². The van der Waals surface area contributed by atoms with Gasteiger partial charge >= 0.3 is 0 Å². The number of para-hydroxylation sites is 1. The first-order chi connectivity index (χ1) is 13.1. The fourth-order valence-corrected chi connectivity index (χ4v) is 3.96. The predicted octanol–water partition coefficient (Wildman–Crippen LogP) is 2.91. The van der Waals surface area contributed by atoms with E-state index in [0.717, 1.165) is 23.4 Å². The second-order valence-electron chi connectivity index (χ2n) is 6.27. The lowest BCUT2D eigenvalue weighted by Crippen LogP contribution is -2.24. The van der Waals surface area contributed by atoms with Crippen LogP contribution in [0, 0.1) is 0 Å². The van der Waals surface area contributed by atoms with Crippen molar-refractivity contribution in [3.05, 3.63) is 59.7 Å². The molecule has 1 aliphatic heterocycles. The van der Waals surface area contributed by atoms with Gasteiger partial charge in [-0.05, 0) is 66.1 Å². The van der Waals surface area contributed by atoms with Crippen molar-refractivity contribution in [2.75, 3.05) is 5.32 Å². The number of aromatic nitrogens is 4. The van der Waals surface area contributed by atoms with Gasteiger partial charge in [0.05, 0.1) is 10.9 Å². The highest BCUT2D eigenvalue weighted by Crippen LogP contribution is 2.31. The topological polar surface area (TPSA) is 89.8 Å². The standard InChI is InChI=1S/C19H17N5O2S/c1-12(25)13-6-9-15(10-7-13)24-19(21-22-23-24)27-17-11-8-14-4-2-3-5-16(14)20-18(17)26/h2-7,9-10,17H,8,11H2,1H3,(H,20,26)/t17-/m1/s1. The van der Waals surface area contributed by atoms with Crippen molar-refractivity contribution in [3.63, 3.8) is 0 Å². The first-order valence-electron chi connectivity index (χ1n) is 8.57. The molecule has 4 rings (SSSR count). The van der Waals surface area contributed by atoms with Crippen LogP contribution in [0.1, 0.15) is 29.3 Å². The van der Waals surface area contributed by atoms with E-state index >= 15 is 0 Å². The van der Waals surface area contributed by atoms with Crippen LogP contribution < -0.4 is 5.32 Å². The van der Waals surface area contributed by atoms with Crippen molar-refractivity contribution in [2.24, 2.45) is 0 Å². The number of Topliss-reactive ketones (excluding diaryl/α,β-unsaturated/α-hetero) is 1. The highest BCUT2D eigenvalue weighted by atomic mass is 32.2. The minimum Gasteiger partial charge on any atom is -0.325 e. The summed E-state index contributed by atoms with van der Waals surface area (Å²) < 4.78 is 1.58. The van der Waals surface area contributed by atoms with Gasteiger partial charge in [-0.2, -0.15) is 4.68 Å². The Morgan fingerprint density at radius 2 is 1.96 bits per heavy atom. The SMILES string of the molecule is CC(=O)c1ccc(-n2nnnc2S[C@@H]2CCc3ccccc3NC2=O)cc1. The number of amides is 1. The molecule has 0 saturated heterocycles. The summed E-state index contributed by atoms with van der Waals surface area (Å²) in [4.78, 5) is 24.1. The monoisotopic (exact) mass is 379 g/mol. The molecule has 0 bridgehead atoms. The normalized spacial score (nSPS) is 16.3. The molecule has 0 aliphatic carbocycles. The first kappa shape index (κ1) is 17.4. The summed E-state index contributed by atoms with van der Waals surface area (Å²) in [6.45, 7) is 1.52. The largest absolute Gasteiger partial charge is 0.325 e. The Labute approximate surface area is 160 Å². The van der Waals surface area contributed by atoms with Gasteiger partial charge in [0.2, 0.25) is 11.1 Å². The van der Waals surface area contributed by atoms with Crippen molar-refractivity contribution in [3.8, 4) is 5.69 Å². The highest BCUT2D eigenvalue weighted by Gasteiger charge is 2.26. The Morgan fingerprint density at radius 1 is 1.19 bits per heavy atom. The summed E-state index contributed by atoms with van der Waals surface area (Å²) in [5.74, 6) is -0.0472. The molecular formula is C19H17N5O2S. The van der Waals surface area contributed by atoms with E-state index < -0.39 is 0 Å². The molecule has 3 aromatic rings. The number of benzene rings is 2. The number of rotatable bonds is 4. The molecule has 1 atom stereocenters. The van der Waals surface area contributed by atoms with Crippen molar-refractivity contribution < 1.29 is 9.59 Å². The van der Waals surface area contributed by atoms with Crippen LogP contribution >= 0.6 is 11.8 Å². The van der Waals surface area contributed by atoms with Crippen LogP contribution in [0.15, 0.2) is 53.7 Å². The van der Waals surface area contributed by atoms with Gasteiger partial charge < -0.3 is 5.32 Å². The third kappa shape index (κ3) is 3.61. The molecule has 1 aliphatic rings. The van der Waals surface area contributed by atoms with Crippen molar-refractivity contribution >= 4 is 29.1 Å². The smallest absolute Gasteiger partial charge is 0.237 e. The third-order valence-corrected chi connectivity index (χ3v) is 5.65. The summed E-state index contributed by atoms with van der Waals surface area (Å²) in [6.07, 6.45) is 1.51. The fourth-order valence-electron chi connectivity index (χ4n) is 2.98. The number of carbonyl (C=O) groups is 2. The van der Waals surface area contributed by atoms with Gasteiger partial charge in [0.25, 0.3) is 0 Å². The average Bonchev–Trinajstić information content (AvgIpc) is 3.07. The van der Waals surface area contributed by atoms with E-state index in [-0.39, 0.29) is 16.9 Å². The summed E-state index contributed by atoms with van der Waals surface area (Å²) in [7, 11) is 0. The van der Waals surface area contributed by atoms with Gasteiger partial charge in [-0.3, -0.25) is 9.59 Å². The maximum Gasteiger partial charge on any atom is 0.237 e. The number of tetrazole rings is 1. The van der Waals surface area contributed by atoms with Crippen LogP contribution in [0.4, 0.5) is 5.69 Å². The number of ketones is 1. The lowest BCUT2D eigenvalue weighted by Gasteiger charge is -2.12. The number of aryl methyl sites for hydroxylation is 1. The summed E-state index contributed by atoms with van der Waals surface area (Å²) >= 11 is 1.34. The van der Waals surface area contributed by atoms with Crippen molar-refractivity contribution in [1.29, 1.82) is 0 Å². The molecule has 0 saturated carbocycles. The number of nitrogens with zero attached hydrogens (tertiary/aromatic N) is 4. The number of anilines is 1. The average molecular weight is 379 g/mol. The Bertz CT molecular complexity index is 999. The molecule has 0 fully saturated rings. The molecule has 8 heteroatoms. The second kappa shape index (κ2) is 7.32. The minimum atomic E-state index is -0.293.